The van der Waals surface area contributed by atoms with Crippen molar-refractivity contribution in [3.05, 3.63) is 29.8 Å². The van der Waals surface area contributed by atoms with Crippen LogP contribution >= 0.6 is 12.2 Å². The van der Waals surface area contributed by atoms with Crippen LogP contribution in [0.25, 0.3) is 0 Å². The molecule has 21 heavy (non-hydrogen) atoms. The lowest BCUT2D eigenvalue weighted by atomic mass is 10.0. The molecular weight excluding hydrogens is 284 g/mol. The first-order valence-corrected chi connectivity index (χ1v) is 7.86. The maximum atomic E-state index is 11.8. The molecule has 1 aromatic carbocycles. The third kappa shape index (κ3) is 5.01. The number of para-hydroxylation sites is 1. The van der Waals surface area contributed by atoms with Gasteiger partial charge in [0.15, 0.2) is 6.61 Å². The molecule has 0 spiro atoms. The molecule has 4 nitrogen and oxygen atoms in total. The van der Waals surface area contributed by atoms with Gasteiger partial charge in [0.25, 0.3) is 5.91 Å². The van der Waals surface area contributed by atoms with Gasteiger partial charge in [-0.15, -0.1) is 0 Å². The summed E-state index contributed by atoms with van der Waals surface area (Å²) in [4.78, 5) is 12.0. The molecule has 0 bridgehead atoms. The van der Waals surface area contributed by atoms with Crippen LogP contribution in [0.2, 0.25) is 0 Å². The van der Waals surface area contributed by atoms with E-state index in [9.17, 15) is 4.79 Å². The summed E-state index contributed by atoms with van der Waals surface area (Å²) in [5.41, 5.74) is 6.28. The van der Waals surface area contributed by atoms with Crippen LogP contribution < -0.4 is 15.8 Å². The van der Waals surface area contributed by atoms with Gasteiger partial charge in [-0.3, -0.25) is 4.79 Å². The molecule has 0 aromatic heterocycles. The van der Waals surface area contributed by atoms with Crippen molar-refractivity contribution in [2.75, 3.05) is 13.2 Å². The van der Waals surface area contributed by atoms with Gasteiger partial charge in [-0.1, -0.05) is 50.0 Å². The zero-order chi connectivity index (χ0) is 15.1. The largest absolute Gasteiger partial charge is 0.483 e. The van der Waals surface area contributed by atoms with E-state index in [0.717, 1.165) is 18.9 Å². The Labute approximate surface area is 131 Å². The number of rotatable bonds is 7. The molecule has 0 atom stereocenters. The number of benzene rings is 1. The fourth-order valence-electron chi connectivity index (χ4n) is 2.71. The third-order valence-electron chi connectivity index (χ3n) is 3.86. The van der Waals surface area contributed by atoms with Crippen molar-refractivity contribution in [2.45, 2.75) is 32.1 Å². The first-order chi connectivity index (χ1) is 10.2. The van der Waals surface area contributed by atoms with Crippen molar-refractivity contribution >= 4 is 23.1 Å². The van der Waals surface area contributed by atoms with Gasteiger partial charge in [-0.05, 0) is 24.5 Å². The van der Waals surface area contributed by atoms with E-state index in [2.05, 4.69) is 5.32 Å². The van der Waals surface area contributed by atoms with E-state index in [4.69, 9.17) is 22.7 Å². The van der Waals surface area contributed by atoms with Crippen LogP contribution in [0.15, 0.2) is 24.3 Å². The molecule has 0 saturated heterocycles. The maximum absolute atomic E-state index is 11.8. The zero-order valence-corrected chi connectivity index (χ0v) is 13.0. The van der Waals surface area contributed by atoms with E-state index in [0.29, 0.717) is 11.3 Å². The molecule has 3 N–H and O–H groups in total. The number of hydrogen-bond acceptors (Lipinski definition) is 3. The van der Waals surface area contributed by atoms with E-state index in [1.165, 1.54) is 25.7 Å². The van der Waals surface area contributed by atoms with Crippen LogP contribution in [0, 0.1) is 5.92 Å². The van der Waals surface area contributed by atoms with Gasteiger partial charge in [0.2, 0.25) is 0 Å². The number of ether oxygens (including phenoxy) is 1. The highest BCUT2D eigenvalue weighted by atomic mass is 32.1. The highest BCUT2D eigenvalue weighted by molar-refractivity contribution is 7.80. The number of amides is 1. The minimum atomic E-state index is -0.106. The Bertz CT molecular complexity index is 499. The summed E-state index contributed by atoms with van der Waals surface area (Å²) in [6, 6.07) is 7.22. The Hall–Kier alpha value is -1.62. The molecule has 114 valence electrons. The third-order valence-corrected chi connectivity index (χ3v) is 4.08. The summed E-state index contributed by atoms with van der Waals surface area (Å²) in [5.74, 6) is 1.23. The maximum Gasteiger partial charge on any atom is 0.257 e. The standard InChI is InChI=1S/C16H22N2O2S/c17-16(21)13-7-3-4-8-14(13)20-11-15(19)18-10-9-12-5-1-2-6-12/h3-4,7-8,12H,1-2,5-6,9-11H2,(H2,17,21)(H,18,19). The molecule has 5 heteroatoms. The molecule has 0 radical (unpaired) electrons. The van der Waals surface area contributed by atoms with E-state index >= 15 is 0 Å². The van der Waals surface area contributed by atoms with Crippen molar-refractivity contribution in [2.24, 2.45) is 11.7 Å². The second-order valence-electron chi connectivity index (χ2n) is 5.44. The molecule has 0 unspecified atom stereocenters. The number of thiocarbonyl (C=S) groups is 1. The summed E-state index contributed by atoms with van der Waals surface area (Å²) in [6.45, 7) is 0.716. The molecule has 1 fully saturated rings. The Kier molecular flexibility index (Phi) is 5.99. The van der Waals surface area contributed by atoms with Crippen LogP contribution in [0.3, 0.4) is 0 Å². The van der Waals surface area contributed by atoms with E-state index in [-0.39, 0.29) is 17.5 Å². The zero-order valence-electron chi connectivity index (χ0n) is 12.1. The van der Waals surface area contributed by atoms with Gasteiger partial charge in [-0.2, -0.15) is 0 Å². The second-order valence-corrected chi connectivity index (χ2v) is 5.88. The molecule has 0 heterocycles. The van der Waals surface area contributed by atoms with Crippen LogP contribution in [-0.2, 0) is 4.79 Å². The summed E-state index contributed by atoms with van der Waals surface area (Å²) >= 11 is 4.96. The molecule has 0 aliphatic heterocycles. The molecule has 2 rings (SSSR count). The van der Waals surface area contributed by atoms with Gasteiger partial charge in [0, 0.05) is 6.54 Å². The lowest BCUT2D eigenvalue weighted by Gasteiger charge is -2.12. The molecule has 1 aromatic rings. The number of carbonyl (C=O) groups is 1. The average Bonchev–Trinajstić information content (AvgIpc) is 2.98. The van der Waals surface area contributed by atoms with Crippen molar-refractivity contribution in [1.82, 2.24) is 5.32 Å². The lowest BCUT2D eigenvalue weighted by Crippen LogP contribution is -2.30. The van der Waals surface area contributed by atoms with Crippen LogP contribution in [0.4, 0.5) is 0 Å². The molecular formula is C16H22N2O2S. The van der Waals surface area contributed by atoms with Gasteiger partial charge in [-0.25, -0.2) is 0 Å². The van der Waals surface area contributed by atoms with Gasteiger partial charge in [0.05, 0.1) is 5.56 Å². The highest BCUT2D eigenvalue weighted by Gasteiger charge is 2.15. The summed E-state index contributed by atoms with van der Waals surface area (Å²) in [5, 5.41) is 2.90. The topological polar surface area (TPSA) is 64.3 Å². The van der Waals surface area contributed by atoms with Crippen LogP contribution in [0.1, 0.15) is 37.7 Å². The smallest absolute Gasteiger partial charge is 0.257 e. The van der Waals surface area contributed by atoms with E-state index in [1.807, 2.05) is 12.1 Å². The SMILES string of the molecule is NC(=S)c1ccccc1OCC(=O)NCCC1CCCC1. The van der Waals surface area contributed by atoms with Crippen LogP contribution in [-0.4, -0.2) is 24.0 Å². The van der Waals surface area contributed by atoms with Crippen molar-refractivity contribution in [1.29, 1.82) is 0 Å². The number of hydrogen-bond donors (Lipinski definition) is 2. The van der Waals surface area contributed by atoms with Gasteiger partial charge < -0.3 is 15.8 Å². The lowest BCUT2D eigenvalue weighted by molar-refractivity contribution is -0.123. The minimum absolute atomic E-state index is 0.00963. The number of carbonyl (C=O) groups excluding carboxylic acids is 1. The Morgan fingerprint density at radius 2 is 2.05 bits per heavy atom. The van der Waals surface area contributed by atoms with Crippen molar-refractivity contribution in [3.8, 4) is 5.75 Å². The number of nitrogens with two attached hydrogens (primary N) is 1. The van der Waals surface area contributed by atoms with Crippen LogP contribution in [0.5, 0.6) is 5.75 Å². The van der Waals surface area contributed by atoms with Gasteiger partial charge in [0.1, 0.15) is 10.7 Å². The quantitative estimate of drug-likeness (QED) is 0.759. The van der Waals surface area contributed by atoms with E-state index in [1.54, 1.807) is 12.1 Å². The summed E-state index contributed by atoms with van der Waals surface area (Å²) < 4.78 is 5.50. The fraction of sp³-hybridized carbons (Fsp3) is 0.500. The summed E-state index contributed by atoms with van der Waals surface area (Å²) in [7, 11) is 0. The molecule has 1 saturated carbocycles. The van der Waals surface area contributed by atoms with Gasteiger partial charge >= 0.3 is 0 Å². The minimum Gasteiger partial charge on any atom is -0.483 e. The number of nitrogens with one attached hydrogen (secondary N) is 1. The Balaban J connectivity index is 1.72. The predicted molar refractivity (Wildman–Crippen MR) is 87.4 cm³/mol. The first kappa shape index (κ1) is 15.8. The summed E-state index contributed by atoms with van der Waals surface area (Å²) in [6.07, 6.45) is 6.33. The van der Waals surface area contributed by atoms with Crippen molar-refractivity contribution < 1.29 is 9.53 Å². The molecule has 1 amide bonds. The molecule has 1 aliphatic carbocycles. The Morgan fingerprint density at radius 3 is 2.76 bits per heavy atom. The monoisotopic (exact) mass is 306 g/mol. The average molecular weight is 306 g/mol. The highest BCUT2D eigenvalue weighted by Crippen LogP contribution is 2.26. The fourth-order valence-corrected chi connectivity index (χ4v) is 2.87. The Morgan fingerprint density at radius 1 is 1.33 bits per heavy atom. The predicted octanol–water partition coefficient (Wildman–Crippen LogP) is 2.40. The first-order valence-electron chi connectivity index (χ1n) is 7.45. The van der Waals surface area contributed by atoms with Crippen molar-refractivity contribution in [3.63, 3.8) is 0 Å². The molecule has 1 aliphatic rings. The second kappa shape index (κ2) is 7.98. The van der Waals surface area contributed by atoms with E-state index < -0.39 is 0 Å². The normalized spacial score (nSPS) is 14.9.